The average Bonchev–Trinajstić information content (AvgIpc) is 2.33. The van der Waals surface area contributed by atoms with E-state index in [1.165, 1.54) is 0 Å². The van der Waals surface area contributed by atoms with Crippen LogP contribution in [0.1, 0.15) is 38.3 Å². The minimum Gasteiger partial charge on any atom is -0.309 e. The summed E-state index contributed by atoms with van der Waals surface area (Å²) < 4.78 is 27.6. The van der Waals surface area contributed by atoms with Gasteiger partial charge in [0.15, 0.2) is 0 Å². The van der Waals surface area contributed by atoms with Crippen molar-refractivity contribution < 1.29 is 8.42 Å². The highest BCUT2D eigenvalue weighted by Crippen LogP contribution is 2.26. The van der Waals surface area contributed by atoms with Crippen LogP contribution in [0.2, 0.25) is 0 Å². The van der Waals surface area contributed by atoms with Crippen LogP contribution in [0.25, 0.3) is 0 Å². The fourth-order valence-corrected chi connectivity index (χ4v) is 3.38. The molecule has 0 saturated carbocycles. The number of aryl methyl sites for hydroxylation is 1. The van der Waals surface area contributed by atoms with E-state index in [9.17, 15) is 8.42 Å². The Morgan fingerprint density at radius 1 is 1.19 bits per heavy atom. The largest absolute Gasteiger partial charge is 0.309 e. The Morgan fingerprint density at radius 2 is 1.81 bits per heavy atom. The molecule has 1 rings (SSSR count). The molecule has 1 N–H and O–H groups in total. The van der Waals surface area contributed by atoms with Crippen LogP contribution >= 0.6 is 0 Å². The predicted molar refractivity (Wildman–Crippen MR) is 88.2 cm³/mol. The summed E-state index contributed by atoms with van der Waals surface area (Å²) >= 11 is 0. The number of hydrogen-bond donors (Lipinski definition) is 1. The Balaban J connectivity index is 2.92. The van der Waals surface area contributed by atoms with Crippen LogP contribution in [0.3, 0.4) is 0 Å². The van der Waals surface area contributed by atoms with E-state index >= 15 is 0 Å². The molecule has 0 fully saturated rings. The highest BCUT2D eigenvalue weighted by molar-refractivity contribution is 7.89. The maximum absolute atomic E-state index is 12.5. The van der Waals surface area contributed by atoms with Crippen molar-refractivity contribution >= 4 is 10.0 Å². The van der Waals surface area contributed by atoms with E-state index in [4.69, 9.17) is 0 Å². The van der Waals surface area contributed by atoms with Gasteiger partial charge in [0, 0.05) is 6.54 Å². The van der Waals surface area contributed by atoms with Crippen LogP contribution in [0.4, 0.5) is 0 Å². The van der Waals surface area contributed by atoms with Gasteiger partial charge in [-0.2, -0.15) is 0 Å². The maximum Gasteiger partial charge on any atom is 0.240 e. The van der Waals surface area contributed by atoms with Crippen molar-refractivity contribution in [1.29, 1.82) is 0 Å². The Bertz CT molecular complexity index is 572. The predicted octanol–water partition coefficient (Wildman–Crippen LogP) is 2.52. The van der Waals surface area contributed by atoms with Gasteiger partial charge in [0.1, 0.15) is 0 Å². The van der Waals surface area contributed by atoms with Crippen molar-refractivity contribution in [2.75, 3.05) is 27.2 Å². The van der Waals surface area contributed by atoms with Gasteiger partial charge in [0.2, 0.25) is 10.0 Å². The van der Waals surface area contributed by atoms with Gasteiger partial charge >= 0.3 is 0 Å². The summed E-state index contributed by atoms with van der Waals surface area (Å²) in [7, 11) is 0.515. The van der Waals surface area contributed by atoms with Gasteiger partial charge in [0.25, 0.3) is 0 Å². The number of hydrogen-bond acceptors (Lipinski definition) is 3. The lowest BCUT2D eigenvalue weighted by Crippen LogP contribution is -2.28. The summed E-state index contributed by atoms with van der Waals surface area (Å²) in [5, 5.41) is 0. The highest BCUT2D eigenvalue weighted by Gasteiger charge is 2.20. The minimum absolute atomic E-state index is 0.0666. The number of nitrogens with zero attached hydrogens (tertiary/aromatic N) is 1. The minimum atomic E-state index is -3.44. The first-order valence-corrected chi connectivity index (χ1v) is 8.78. The second-order valence-electron chi connectivity index (χ2n) is 6.78. The fourth-order valence-electron chi connectivity index (χ4n) is 2.04. The molecule has 0 aliphatic heterocycles. The van der Waals surface area contributed by atoms with Crippen LogP contribution in [-0.2, 0) is 15.4 Å². The molecule has 0 heterocycles. The standard InChI is InChI=1S/C16H28N2O2S/c1-13-8-9-14(16(2,3)4)12-15(13)21(19,20)17-10-7-11-18(5)6/h8-9,12,17H,7,10-11H2,1-6H3. The lowest BCUT2D eigenvalue weighted by molar-refractivity contribution is 0.400. The summed E-state index contributed by atoms with van der Waals surface area (Å²) in [6.07, 6.45) is 0.796. The van der Waals surface area contributed by atoms with Crippen LogP contribution < -0.4 is 4.72 Å². The zero-order valence-electron chi connectivity index (χ0n) is 14.0. The molecule has 0 atom stereocenters. The van der Waals surface area contributed by atoms with Crippen LogP contribution in [0.5, 0.6) is 0 Å². The summed E-state index contributed by atoms with van der Waals surface area (Å²) in [4.78, 5) is 2.43. The molecule has 0 bridgehead atoms. The molecule has 120 valence electrons. The molecule has 0 aliphatic carbocycles. The van der Waals surface area contributed by atoms with E-state index < -0.39 is 10.0 Å². The molecule has 0 spiro atoms. The van der Waals surface area contributed by atoms with Gasteiger partial charge in [-0.05, 0) is 56.6 Å². The molecule has 0 aliphatic rings. The molecule has 4 nitrogen and oxygen atoms in total. The molecular weight excluding hydrogens is 284 g/mol. The lowest BCUT2D eigenvalue weighted by atomic mass is 9.87. The van der Waals surface area contributed by atoms with E-state index in [0.29, 0.717) is 11.4 Å². The topological polar surface area (TPSA) is 49.4 Å². The third-order valence-electron chi connectivity index (χ3n) is 3.42. The van der Waals surface area contributed by atoms with Crippen LogP contribution in [-0.4, -0.2) is 40.5 Å². The maximum atomic E-state index is 12.5. The first-order valence-electron chi connectivity index (χ1n) is 7.29. The van der Waals surface area contributed by atoms with Gasteiger partial charge in [-0.1, -0.05) is 32.9 Å². The molecule has 1 aromatic rings. The van der Waals surface area contributed by atoms with Crippen molar-refractivity contribution in [3.05, 3.63) is 29.3 Å². The van der Waals surface area contributed by atoms with Gasteiger partial charge in [-0.25, -0.2) is 13.1 Å². The third-order valence-corrected chi connectivity index (χ3v) is 5.02. The summed E-state index contributed by atoms with van der Waals surface area (Å²) in [6, 6.07) is 5.68. The lowest BCUT2D eigenvalue weighted by Gasteiger charge is -2.21. The summed E-state index contributed by atoms with van der Waals surface area (Å²) in [5.41, 5.74) is 1.74. The molecule has 5 heteroatoms. The smallest absolute Gasteiger partial charge is 0.240 e. The SMILES string of the molecule is Cc1ccc(C(C)(C)C)cc1S(=O)(=O)NCCCN(C)C. The Labute approximate surface area is 129 Å². The molecular formula is C16H28N2O2S. The fraction of sp³-hybridized carbons (Fsp3) is 0.625. The molecule has 0 aromatic heterocycles. The zero-order valence-corrected chi connectivity index (χ0v) is 14.8. The van der Waals surface area contributed by atoms with Crippen molar-refractivity contribution in [2.45, 2.75) is 44.4 Å². The number of benzene rings is 1. The quantitative estimate of drug-likeness (QED) is 0.821. The van der Waals surface area contributed by atoms with E-state index in [0.717, 1.165) is 24.1 Å². The van der Waals surface area contributed by atoms with Gasteiger partial charge < -0.3 is 4.90 Å². The summed E-state index contributed by atoms with van der Waals surface area (Å²) in [5.74, 6) is 0. The van der Waals surface area contributed by atoms with Crippen molar-refractivity contribution in [2.24, 2.45) is 0 Å². The second kappa shape index (κ2) is 6.90. The summed E-state index contributed by atoms with van der Waals surface area (Å²) in [6.45, 7) is 9.40. The van der Waals surface area contributed by atoms with Crippen LogP contribution in [0, 0.1) is 6.92 Å². The monoisotopic (exact) mass is 312 g/mol. The van der Waals surface area contributed by atoms with Gasteiger partial charge in [-0.3, -0.25) is 0 Å². The molecule has 21 heavy (non-hydrogen) atoms. The van der Waals surface area contributed by atoms with E-state index in [2.05, 4.69) is 25.5 Å². The normalized spacial score (nSPS) is 12.9. The molecule has 0 amide bonds. The van der Waals surface area contributed by atoms with E-state index in [1.54, 1.807) is 6.07 Å². The first kappa shape index (κ1) is 18.1. The second-order valence-corrected chi connectivity index (χ2v) is 8.52. The molecule has 0 unspecified atom stereocenters. The molecule has 0 saturated heterocycles. The highest BCUT2D eigenvalue weighted by atomic mass is 32.2. The number of rotatable bonds is 6. The van der Waals surface area contributed by atoms with Crippen LogP contribution in [0.15, 0.2) is 23.1 Å². The number of nitrogens with one attached hydrogen (secondary N) is 1. The van der Waals surface area contributed by atoms with Gasteiger partial charge in [-0.15, -0.1) is 0 Å². The third kappa shape index (κ3) is 5.41. The molecule has 1 aromatic carbocycles. The van der Waals surface area contributed by atoms with E-state index in [-0.39, 0.29) is 5.41 Å². The van der Waals surface area contributed by atoms with Gasteiger partial charge in [0.05, 0.1) is 4.90 Å². The van der Waals surface area contributed by atoms with E-state index in [1.807, 2.05) is 38.1 Å². The zero-order chi connectivity index (χ0) is 16.3. The van der Waals surface area contributed by atoms with Crippen molar-refractivity contribution in [3.8, 4) is 0 Å². The Morgan fingerprint density at radius 3 is 2.33 bits per heavy atom. The Kier molecular flexibility index (Phi) is 5.96. The van der Waals surface area contributed by atoms with Crippen molar-refractivity contribution in [3.63, 3.8) is 0 Å². The average molecular weight is 312 g/mol. The first-order chi connectivity index (χ1) is 9.54. The molecule has 0 radical (unpaired) electrons. The Hall–Kier alpha value is -0.910. The van der Waals surface area contributed by atoms with Crippen molar-refractivity contribution in [1.82, 2.24) is 9.62 Å². The number of sulfonamides is 1.